The van der Waals surface area contributed by atoms with Crippen molar-refractivity contribution >= 4 is 17.9 Å². The van der Waals surface area contributed by atoms with E-state index in [-0.39, 0.29) is 37.5 Å². The average molecular weight is 903 g/mol. The van der Waals surface area contributed by atoms with E-state index in [1.54, 1.807) is 0 Å². The van der Waals surface area contributed by atoms with Crippen molar-refractivity contribution < 1.29 is 28.6 Å². The number of esters is 3. The smallest absolute Gasteiger partial charge is 0.306 e. The van der Waals surface area contributed by atoms with E-state index in [2.05, 4.69) is 118 Å². The number of hydrogen-bond donors (Lipinski definition) is 0. The van der Waals surface area contributed by atoms with Crippen molar-refractivity contribution in [3.63, 3.8) is 0 Å². The maximum Gasteiger partial charge on any atom is 0.306 e. The Morgan fingerprint density at radius 3 is 1.05 bits per heavy atom. The van der Waals surface area contributed by atoms with Gasteiger partial charge >= 0.3 is 17.9 Å². The number of ether oxygens (including phenoxy) is 3. The van der Waals surface area contributed by atoms with Crippen LogP contribution in [0.15, 0.2) is 97.2 Å². The van der Waals surface area contributed by atoms with E-state index in [1.165, 1.54) is 89.9 Å². The van der Waals surface area contributed by atoms with Gasteiger partial charge in [0.25, 0.3) is 0 Å². The summed E-state index contributed by atoms with van der Waals surface area (Å²) in [4.78, 5) is 38.0. The SMILES string of the molecule is CC/C=C\C/C=C\C/C=C\C/C=C\C/C=C\CCCC(=O)OC[C@H](COC(=O)CCCCCCCCC/C=C\C/C=C\CCCCC)OC(=O)CCCCCCC/C=C\CCCCCC. The van der Waals surface area contributed by atoms with Gasteiger partial charge in [0.2, 0.25) is 0 Å². The first-order chi connectivity index (χ1) is 32.0. The first-order valence-electron chi connectivity index (χ1n) is 26.7. The van der Waals surface area contributed by atoms with Crippen LogP contribution in [-0.2, 0) is 28.6 Å². The molecule has 0 heterocycles. The summed E-state index contributed by atoms with van der Waals surface area (Å²) in [7, 11) is 0. The second-order valence-electron chi connectivity index (χ2n) is 17.4. The molecule has 0 saturated heterocycles. The second kappa shape index (κ2) is 52.9. The maximum absolute atomic E-state index is 12.8. The predicted molar refractivity (Wildman–Crippen MR) is 279 cm³/mol. The molecule has 65 heavy (non-hydrogen) atoms. The molecule has 0 N–H and O–H groups in total. The Balaban J connectivity index is 4.49. The van der Waals surface area contributed by atoms with Crippen LogP contribution in [-0.4, -0.2) is 37.2 Å². The molecule has 6 heteroatoms. The molecular formula is C59H98O6. The molecule has 0 aromatic carbocycles. The number of hydrogen-bond acceptors (Lipinski definition) is 6. The number of rotatable bonds is 47. The van der Waals surface area contributed by atoms with Gasteiger partial charge in [0.05, 0.1) is 0 Å². The second-order valence-corrected chi connectivity index (χ2v) is 17.4. The fourth-order valence-corrected chi connectivity index (χ4v) is 7.03. The summed E-state index contributed by atoms with van der Waals surface area (Å²) in [6.07, 6.45) is 69.6. The van der Waals surface area contributed by atoms with Crippen molar-refractivity contribution in [2.75, 3.05) is 13.2 Å². The van der Waals surface area contributed by atoms with Crippen LogP contribution in [0.2, 0.25) is 0 Å². The summed E-state index contributed by atoms with van der Waals surface area (Å²) in [5.41, 5.74) is 0. The number of carbonyl (C=O) groups excluding carboxylic acids is 3. The van der Waals surface area contributed by atoms with Crippen molar-refractivity contribution in [1.82, 2.24) is 0 Å². The molecule has 0 spiro atoms. The normalized spacial score (nSPS) is 12.8. The third kappa shape index (κ3) is 51.2. The molecule has 0 aliphatic rings. The van der Waals surface area contributed by atoms with Gasteiger partial charge < -0.3 is 14.2 Å². The number of carbonyl (C=O) groups is 3. The lowest BCUT2D eigenvalue weighted by molar-refractivity contribution is -0.167. The molecule has 0 aliphatic heterocycles. The minimum Gasteiger partial charge on any atom is -0.462 e. The third-order valence-electron chi connectivity index (χ3n) is 11.0. The Bertz CT molecular complexity index is 1310. The van der Waals surface area contributed by atoms with Crippen LogP contribution in [0.1, 0.15) is 239 Å². The Morgan fingerprint density at radius 2 is 0.615 bits per heavy atom. The summed E-state index contributed by atoms with van der Waals surface area (Å²) in [6.45, 7) is 6.42. The summed E-state index contributed by atoms with van der Waals surface area (Å²) < 4.78 is 16.8. The highest BCUT2D eigenvalue weighted by molar-refractivity contribution is 5.71. The molecule has 1 atom stereocenters. The van der Waals surface area contributed by atoms with E-state index in [0.717, 1.165) is 103 Å². The molecule has 0 fully saturated rings. The largest absolute Gasteiger partial charge is 0.462 e. The van der Waals surface area contributed by atoms with Gasteiger partial charge in [-0.05, 0) is 116 Å². The van der Waals surface area contributed by atoms with E-state index in [4.69, 9.17) is 14.2 Å². The average Bonchev–Trinajstić information content (AvgIpc) is 3.30. The minimum atomic E-state index is -0.808. The Labute approximate surface area is 400 Å². The summed E-state index contributed by atoms with van der Waals surface area (Å²) >= 11 is 0. The summed E-state index contributed by atoms with van der Waals surface area (Å²) in [5, 5.41) is 0. The van der Waals surface area contributed by atoms with Crippen molar-refractivity contribution in [1.29, 1.82) is 0 Å². The lowest BCUT2D eigenvalue weighted by atomic mass is 10.1. The molecule has 6 nitrogen and oxygen atoms in total. The Hall–Kier alpha value is -3.67. The topological polar surface area (TPSA) is 78.9 Å². The zero-order chi connectivity index (χ0) is 47.2. The van der Waals surface area contributed by atoms with Crippen LogP contribution in [0.25, 0.3) is 0 Å². The van der Waals surface area contributed by atoms with Gasteiger partial charge in [0.15, 0.2) is 6.10 Å². The summed E-state index contributed by atoms with van der Waals surface area (Å²) in [6, 6.07) is 0. The van der Waals surface area contributed by atoms with Gasteiger partial charge in [0, 0.05) is 19.3 Å². The van der Waals surface area contributed by atoms with Crippen LogP contribution in [0, 0.1) is 0 Å². The molecule has 0 rings (SSSR count). The molecular weight excluding hydrogens is 805 g/mol. The molecule has 0 unspecified atom stereocenters. The van der Waals surface area contributed by atoms with Gasteiger partial charge in [-0.2, -0.15) is 0 Å². The lowest BCUT2D eigenvalue weighted by Gasteiger charge is -2.18. The quantitative estimate of drug-likeness (QED) is 0.0262. The molecule has 370 valence electrons. The Kier molecular flexibility index (Phi) is 50.0. The predicted octanol–water partition coefficient (Wildman–Crippen LogP) is 17.8. The monoisotopic (exact) mass is 903 g/mol. The molecule has 0 aromatic heterocycles. The molecule has 0 bridgehead atoms. The van der Waals surface area contributed by atoms with Crippen molar-refractivity contribution in [2.24, 2.45) is 0 Å². The number of allylic oxidation sites excluding steroid dienone is 16. The fraction of sp³-hybridized carbons (Fsp3) is 0.678. The highest BCUT2D eigenvalue weighted by atomic mass is 16.6. The van der Waals surface area contributed by atoms with E-state index < -0.39 is 6.10 Å². The van der Waals surface area contributed by atoms with Gasteiger partial charge in [-0.25, -0.2) is 0 Å². The van der Waals surface area contributed by atoms with Crippen LogP contribution in [0.5, 0.6) is 0 Å². The standard InChI is InChI=1S/C59H98O6/c1-4-7-10-13-16-19-22-25-27-29-31-34-36-39-42-45-48-51-57(60)63-54-56(65-59(62)53-50-47-44-41-38-33-24-21-18-15-12-9-6-3)55-64-58(61)52-49-46-43-40-37-35-32-30-28-26-23-20-17-14-11-8-5-2/h7,10,16-17,19-21,24-28,31,34,39,42,56H,4-6,8-9,11-15,18,22-23,29-30,32-33,35-38,40-41,43-55H2,1-3H3/b10-7-,19-16-,20-17-,24-21-,27-25-,28-26-,34-31-,42-39-/t56-/m1/s1. The van der Waals surface area contributed by atoms with E-state index in [9.17, 15) is 14.4 Å². The molecule has 0 aliphatic carbocycles. The van der Waals surface area contributed by atoms with Crippen molar-refractivity contribution in [2.45, 2.75) is 245 Å². The van der Waals surface area contributed by atoms with Gasteiger partial charge in [-0.1, -0.05) is 201 Å². The van der Waals surface area contributed by atoms with E-state index in [1.807, 2.05) is 0 Å². The van der Waals surface area contributed by atoms with Gasteiger partial charge in [-0.3, -0.25) is 14.4 Å². The molecule has 0 amide bonds. The fourth-order valence-electron chi connectivity index (χ4n) is 7.03. The first kappa shape index (κ1) is 61.3. The molecule has 0 radical (unpaired) electrons. The van der Waals surface area contributed by atoms with Gasteiger partial charge in [-0.15, -0.1) is 0 Å². The minimum absolute atomic E-state index is 0.103. The van der Waals surface area contributed by atoms with Crippen LogP contribution in [0.4, 0.5) is 0 Å². The molecule has 0 aromatic rings. The van der Waals surface area contributed by atoms with Gasteiger partial charge in [0.1, 0.15) is 13.2 Å². The van der Waals surface area contributed by atoms with E-state index in [0.29, 0.717) is 19.3 Å². The lowest BCUT2D eigenvalue weighted by Crippen LogP contribution is -2.30. The van der Waals surface area contributed by atoms with Crippen LogP contribution >= 0.6 is 0 Å². The highest BCUT2D eigenvalue weighted by Gasteiger charge is 2.19. The van der Waals surface area contributed by atoms with Crippen LogP contribution < -0.4 is 0 Å². The Morgan fingerprint density at radius 1 is 0.323 bits per heavy atom. The first-order valence-corrected chi connectivity index (χ1v) is 26.7. The number of unbranched alkanes of at least 4 members (excludes halogenated alkanes) is 20. The van der Waals surface area contributed by atoms with Crippen LogP contribution in [0.3, 0.4) is 0 Å². The summed E-state index contributed by atoms with van der Waals surface area (Å²) in [5.74, 6) is -0.982. The van der Waals surface area contributed by atoms with Crippen molar-refractivity contribution in [3.05, 3.63) is 97.2 Å². The maximum atomic E-state index is 12.8. The van der Waals surface area contributed by atoms with E-state index >= 15 is 0 Å². The van der Waals surface area contributed by atoms with Crippen molar-refractivity contribution in [3.8, 4) is 0 Å². The highest BCUT2D eigenvalue weighted by Crippen LogP contribution is 2.13. The third-order valence-corrected chi connectivity index (χ3v) is 11.0. The zero-order valence-electron chi connectivity index (χ0n) is 42.2. The zero-order valence-corrected chi connectivity index (χ0v) is 42.2. The molecule has 0 saturated carbocycles.